The van der Waals surface area contributed by atoms with Crippen molar-refractivity contribution in [2.24, 2.45) is 0 Å². The molecular formula is C57H35N3O2. The van der Waals surface area contributed by atoms with Crippen LogP contribution in [0.15, 0.2) is 221 Å². The number of aromatic nitrogens is 3. The second-order valence-electron chi connectivity index (χ2n) is 15.5. The van der Waals surface area contributed by atoms with Crippen LogP contribution < -0.4 is 0 Å². The third-order valence-electron chi connectivity index (χ3n) is 11.8. The summed E-state index contributed by atoms with van der Waals surface area (Å²) in [4.78, 5) is 15.2. The summed E-state index contributed by atoms with van der Waals surface area (Å²) < 4.78 is 12.5. The molecule has 0 unspecified atom stereocenters. The van der Waals surface area contributed by atoms with E-state index in [2.05, 4.69) is 146 Å². The van der Waals surface area contributed by atoms with Gasteiger partial charge in [-0.1, -0.05) is 164 Å². The molecule has 0 bridgehead atoms. The fourth-order valence-electron chi connectivity index (χ4n) is 8.72. The summed E-state index contributed by atoms with van der Waals surface area (Å²) in [5.41, 5.74) is 15.1. The van der Waals surface area contributed by atoms with E-state index in [1.807, 2.05) is 66.7 Å². The van der Waals surface area contributed by atoms with Gasteiger partial charge in [-0.2, -0.15) is 0 Å². The van der Waals surface area contributed by atoms with Crippen LogP contribution >= 0.6 is 0 Å². The zero-order valence-electron chi connectivity index (χ0n) is 33.4. The van der Waals surface area contributed by atoms with Gasteiger partial charge < -0.3 is 8.83 Å². The molecular weight excluding hydrogens is 759 g/mol. The lowest BCUT2D eigenvalue weighted by atomic mass is 9.84. The third kappa shape index (κ3) is 6.23. The highest BCUT2D eigenvalue weighted by atomic mass is 16.3. The van der Waals surface area contributed by atoms with Gasteiger partial charge in [-0.15, -0.1) is 0 Å². The molecule has 3 heterocycles. The van der Waals surface area contributed by atoms with Gasteiger partial charge in [0.05, 0.1) is 0 Å². The van der Waals surface area contributed by atoms with Gasteiger partial charge in [-0.3, -0.25) is 0 Å². The molecule has 5 nitrogen and oxygen atoms in total. The van der Waals surface area contributed by atoms with Crippen LogP contribution in [-0.2, 0) is 0 Å². The van der Waals surface area contributed by atoms with Crippen molar-refractivity contribution in [1.82, 2.24) is 15.0 Å². The molecule has 62 heavy (non-hydrogen) atoms. The summed E-state index contributed by atoms with van der Waals surface area (Å²) in [5.74, 6) is 1.77. The first-order valence-electron chi connectivity index (χ1n) is 20.7. The molecule has 12 aromatic rings. The summed E-state index contributed by atoms with van der Waals surface area (Å²) in [5, 5.41) is 4.34. The maximum absolute atomic E-state index is 6.27. The number of furan rings is 2. The number of rotatable bonds is 7. The molecule has 9 aromatic carbocycles. The van der Waals surface area contributed by atoms with Crippen LogP contribution in [0.3, 0.4) is 0 Å². The van der Waals surface area contributed by atoms with Crippen molar-refractivity contribution in [3.63, 3.8) is 0 Å². The predicted molar refractivity (Wildman–Crippen MR) is 252 cm³/mol. The molecule has 0 amide bonds. The molecule has 12 rings (SSSR count). The number of para-hydroxylation sites is 2. The summed E-state index contributed by atoms with van der Waals surface area (Å²) in [6, 6.07) is 73.8. The standard InChI is InChI=1S/C57H35N3O2/c1-4-14-36(15-5-1)43-33-47(54(38-16-6-2-7-17-38)48(34-43)41-29-31-52-49(32-41)45-21-11-13-23-51(45)61-52)37-24-26-40(27-25-37)56-58-55(39-18-8-3-9-19-39)59-57(60-56)42-28-30-46-44-20-10-12-22-50(44)62-53(46)35-42/h1-35H. The molecule has 290 valence electrons. The highest BCUT2D eigenvalue weighted by Crippen LogP contribution is 2.45. The molecule has 0 saturated carbocycles. The molecule has 0 atom stereocenters. The van der Waals surface area contributed by atoms with Gasteiger partial charge in [-0.05, 0) is 93.0 Å². The van der Waals surface area contributed by atoms with Crippen molar-refractivity contribution in [2.75, 3.05) is 0 Å². The minimum atomic E-state index is 0.578. The fraction of sp³-hybridized carbons (Fsp3) is 0. The van der Waals surface area contributed by atoms with Crippen LogP contribution in [0.5, 0.6) is 0 Å². The van der Waals surface area contributed by atoms with E-state index in [1.54, 1.807) is 0 Å². The predicted octanol–water partition coefficient (Wildman–Crippen LogP) is 15.3. The molecule has 0 radical (unpaired) electrons. The lowest BCUT2D eigenvalue weighted by Crippen LogP contribution is -2.00. The molecule has 0 saturated heterocycles. The minimum Gasteiger partial charge on any atom is -0.456 e. The topological polar surface area (TPSA) is 65.0 Å². The van der Waals surface area contributed by atoms with Gasteiger partial charge in [0.15, 0.2) is 17.5 Å². The molecule has 0 aliphatic heterocycles. The van der Waals surface area contributed by atoms with Crippen molar-refractivity contribution in [2.45, 2.75) is 0 Å². The van der Waals surface area contributed by atoms with Crippen molar-refractivity contribution in [3.05, 3.63) is 212 Å². The van der Waals surface area contributed by atoms with Gasteiger partial charge in [0.2, 0.25) is 0 Å². The average molecular weight is 794 g/mol. The Kier molecular flexibility index (Phi) is 8.42. The minimum absolute atomic E-state index is 0.578. The van der Waals surface area contributed by atoms with Crippen LogP contribution in [0.4, 0.5) is 0 Å². The number of hydrogen-bond acceptors (Lipinski definition) is 5. The average Bonchev–Trinajstić information content (AvgIpc) is 3.92. The Labute approximate surface area is 357 Å². The van der Waals surface area contributed by atoms with Crippen molar-refractivity contribution in [3.8, 4) is 78.7 Å². The first-order valence-corrected chi connectivity index (χ1v) is 20.7. The van der Waals surface area contributed by atoms with Crippen molar-refractivity contribution in [1.29, 1.82) is 0 Å². The zero-order valence-corrected chi connectivity index (χ0v) is 33.4. The molecule has 0 spiro atoms. The summed E-state index contributed by atoms with van der Waals surface area (Å²) in [7, 11) is 0. The smallest absolute Gasteiger partial charge is 0.164 e. The fourth-order valence-corrected chi connectivity index (χ4v) is 8.72. The number of fused-ring (bicyclic) bond motifs is 6. The van der Waals surface area contributed by atoms with Gasteiger partial charge in [0, 0.05) is 38.2 Å². The first kappa shape index (κ1) is 35.5. The lowest BCUT2D eigenvalue weighted by Gasteiger charge is -2.19. The van der Waals surface area contributed by atoms with Crippen molar-refractivity contribution < 1.29 is 8.83 Å². The van der Waals surface area contributed by atoms with E-state index >= 15 is 0 Å². The lowest BCUT2D eigenvalue weighted by molar-refractivity contribution is 0.668. The van der Waals surface area contributed by atoms with Crippen LogP contribution in [-0.4, -0.2) is 15.0 Å². The summed E-state index contributed by atoms with van der Waals surface area (Å²) in [6.07, 6.45) is 0. The monoisotopic (exact) mass is 793 g/mol. The first-order chi connectivity index (χ1) is 30.7. The Morgan fingerprint density at radius 1 is 0.242 bits per heavy atom. The second-order valence-corrected chi connectivity index (χ2v) is 15.5. The SMILES string of the molecule is c1ccc(-c2cc(-c3ccc(-c4nc(-c5ccccc5)nc(-c5ccc6c(c5)oc5ccccc56)n4)cc3)c(-c3ccccc3)c(-c3ccc4oc5ccccc5c4c3)c2)cc1. The Morgan fingerprint density at radius 2 is 0.677 bits per heavy atom. The van der Waals surface area contributed by atoms with Gasteiger partial charge in [0.25, 0.3) is 0 Å². The number of hydrogen-bond donors (Lipinski definition) is 0. The van der Waals surface area contributed by atoms with Crippen LogP contribution in [0.2, 0.25) is 0 Å². The van der Waals surface area contributed by atoms with Gasteiger partial charge >= 0.3 is 0 Å². The quantitative estimate of drug-likeness (QED) is 0.161. The maximum Gasteiger partial charge on any atom is 0.164 e. The van der Waals surface area contributed by atoms with E-state index < -0.39 is 0 Å². The van der Waals surface area contributed by atoms with E-state index in [4.69, 9.17) is 23.8 Å². The second kappa shape index (κ2) is 14.7. The molecule has 0 N–H and O–H groups in total. The Morgan fingerprint density at radius 3 is 1.34 bits per heavy atom. The summed E-state index contributed by atoms with van der Waals surface area (Å²) >= 11 is 0. The molecule has 0 fully saturated rings. The van der Waals surface area contributed by atoms with Crippen LogP contribution in [0.25, 0.3) is 123 Å². The maximum atomic E-state index is 6.27. The third-order valence-corrected chi connectivity index (χ3v) is 11.8. The number of benzene rings is 9. The zero-order chi connectivity index (χ0) is 41.0. The van der Waals surface area contributed by atoms with Crippen LogP contribution in [0.1, 0.15) is 0 Å². The van der Waals surface area contributed by atoms with E-state index in [0.717, 1.165) is 105 Å². The van der Waals surface area contributed by atoms with E-state index in [-0.39, 0.29) is 0 Å². The molecule has 0 aliphatic carbocycles. The Hall–Kier alpha value is -8.41. The largest absolute Gasteiger partial charge is 0.456 e. The number of nitrogens with zero attached hydrogens (tertiary/aromatic N) is 3. The van der Waals surface area contributed by atoms with Gasteiger partial charge in [0.1, 0.15) is 22.3 Å². The highest BCUT2D eigenvalue weighted by molar-refractivity contribution is 6.08. The molecule has 5 heteroatoms. The van der Waals surface area contributed by atoms with E-state index in [0.29, 0.717) is 17.5 Å². The summed E-state index contributed by atoms with van der Waals surface area (Å²) in [6.45, 7) is 0. The van der Waals surface area contributed by atoms with E-state index in [9.17, 15) is 0 Å². The normalized spacial score (nSPS) is 11.5. The Balaban J connectivity index is 1.03. The molecule has 3 aromatic heterocycles. The van der Waals surface area contributed by atoms with Gasteiger partial charge in [-0.25, -0.2) is 15.0 Å². The Bertz CT molecular complexity index is 3610. The van der Waals surface area contributed by atoms with Crippen LogP contribution in [0, 0.1) is 0 Å². The highest BCUT2D eigenvalue weighted by Gasteiger charge is 2.20. The molecule has 0 aliphatic rings. The van der Waals surface area contributed by atoms with E-state index in [1.165, 1.54) is 0 Å². The van der Waals surface area contributed by atoms with Crippen molar-refractivity contribution >= 4 is 43.9 Å².